The molecule has 4 nitrogen and oxygen atoms in total. The SMILES string of the molecule is Cl.O=C(CC1CC2CCC(C1)N2)Nc1ccc(Nc2ccccc2)cc1. The van der Waals surface area contributed by atoms with Gasteiger partial charge in [0, 0.05) is 35.6 Å². The summed E-state index contributed by atoms with van der Waals surface area (Å²) in [5.74, 6) is 0.660. The molecule has 2 aliphatic rings. The molecule has 1 amide bonds. The molecule has 26 heavy (non-hydrogen) atoms. The molecular weight excluding hydrogens is 346 g/mol. The van der Waals surface area contributed by atoms with Gasteiger partial charge in [-0.15, -0.1) is 12.4 Å². The van der Waals surface area contributed by atoms with Crippen LogP contribution in [-0.4, -0.2) is 18.0 Å². The van der Waals surface area contributed by atoms with Crippen LogP contribution in [0.1, 0.15) is 32.1 Å². The lowest BCUT2D eigenvalue weighted by molar-refractivity contribution is -0.117. The lowest BCUT2D eigenvalue weighted by atomic mass is 9.89. The second-order valence-corrected chi connectivity index (χ2v) is 7.30. The number of carbonyl (C=O) groups excluding carboxylic acids is 1. The maximum atomic E-state index is 12.3. The minimum absolute atomic E-state index is 0. The monoisotopic (exact) mass is 371 g/mol. The fourth-order valence-electron chi connectivity index (χ4n) is 4.14. The molecule has 0 radical (unpaired) electrons. The van der Waals surface area contributed by atoms with Crippen LogP contribution in [0.25, 0.3) is 0 Å². The number of hydrogen-bond donors (Lipinski definition) is 3. The number of para-hydroxylation sites is 1. The third kappa shape index (κ3) is 4.77. The van der Waals surface area contributed by atoms with Crippen molar-refractivity contribution in [2.24, 2.45) is 5.92 Å². The highest BCUT2D eigenvalue weighted by Crippen LogP contribution is 2.32. The number of rotatable bonds is 5. The minimum atomic E-state index is 0. The zero-order valence-corrected chi connectivity index (χ0v) is 15.6. The smallest absolute Gasteiger partial charge is 0.224 e. The molecule has 2 aromatic rings. The molecule has 5 heteroatoms. The Morgan fingerprint density at radius 1 is 0.885 bits per heavy atom. The third-order valence-electron chi connectivity index (χ3n) is 5.28. The average molecular weight is 372 g/mol. The first kappa shape index (κ1) is 18.7. The van der Waals surface area contributed by atoms with Gasteiger partial charge in [0.05, 0.1) is 0 Å². The normalized spacial score (nSPS) is 23.8. The van der Waals surface area contributed by atoms with E-state index in [0.717, 1.165) is 29.9 Å². The molecule has 0 aromatic heterocycles. The van der Waals surface area contributed by atoms with Crippen molar-refractivity contribution in [3.8, 4) is 0 Å². The van der Waals surface area contributed by atoms with Gasteiger partial charge in [-0.25, -0.2) is 0 Å². The molecule has 0 saturated carbocycles. The van der Waals surface area contributed by atoms with E-state index in [1.165, 1.54) is 12.8 Å². The second kappa shape index (κ2) is 8.56. The van der Waals surface area contributed by atoms with E-state index in [2.05, 4.69) is 16.0 Å². The summed E-state index contributed by atoms with van der Waals surface area (Å²) < 4.78 is 0. The molecule has 2 fully saturated rings. The summed E-state index contributed by atoms with van der Waals surface area (Å²) in [7, 11) is 0. The van der Waals surface area contributed by atoms with Crippen molar-refractivity contribution in [3.63, 3.8) is 0 Å². The maximum Gasteiger partial charge on any atom is 0.224 e. The van der Waals surface area contributed by atoms with Gasteiger partial charge in [-0.1, -0.05) is 18.2 Å². The summed E-state index contributed by atoms with van der Waals surface area (Å²) in [6, 6.07) is 19.2. The number of benzene rings is 2. The Balaban J connectivity index is 0.00000196. The van der Waals surface area contributed by atoms with Crippen LogP contribution >= 0.6 is 12.4 Å². The van der Waals surface area contributed by atoms with Crippen molar-refractivity contribution in [2.45, 2.75) is 44.2 Å². The van der Waals surface area contributed by atoms with Gasteiger partial charge < -0.3 is 16.0 Å². The Kier molecular flexibility index (Phi) is 6.17. The molecule has 2 atom stereocenters. The lowest BCUT2D eigenvalue weighted by Gasteiger charge is -2.28. The molecule has 4 rings (SSSR count). The van der Waals surface area contributed by atoms with Gasteiger partial charge in [-0.05, 0) is 68.0 Å². The van der Waals surface area contributed by atoms with E-state index >= 15 is 0 Å². The van der Waals surface area contributed by atoms with Gasteiger partial charge in [0.1, 0.15) is 0 Å². The van der Waals surface area contributed by atoms with Crippen LogP contribution < -0.4 is 16.0 Å². The molecule has 2 unspecified atom stereocenters. The lowest BCUT2D eigenvalue weighted by Crippen LogP contribution is -2.39. The largest absolute Gasteiger partial charge is 0.356 e. The minimum Gasteiger partial charge on any atom is -0.356 e. The predicted molar refractivity (Wildman–Crippen MR) is 109 cm³/mol. The first-order valence-corrected chi connectivity index (χ1v) is 9.22. The van der Waals surface area contributed by atoms with E-state index in [1.54, 1.807) is 0 Å². The van der Waals surface area contributed by atoms with Crippen molar-refractivity contribution < 1.29 is 4.79 Å². The van der Waals surface area contributed by atoms with Crippen LogP contribution in [0.3, 0.4) is 0 Å². The number of halogens is 1. The van der Waals surface area contributed by atoms with Gasteiger partial charge in [-0.2, -0.15) is 0 Å². The Labute approximate surface area is 161 Å². The fourth-order valence-corrected chi connectivity index (χ4v) is 4.14. The summed E-state index contributed by atoms with van der Waals surface area (Å²) in [6.45, 7) is 0. The van der Waals surface area contributed by atoms with Gasteiger partial charge in [0.2, 0.25) is 5.91 Å². The number of fused-ring (bicyclic) bond motifs is 2. The van der Waals surface area contributed by atoms with Crippen LogP contribution in [0.4, 0.5) is 17.1 Å². The Morgan fingerprint density at radius 3 is 2.12 bits per heavy atom. The molecule has 138 valence electrons. The van der Waals surface area contributed by atoms with Crippen LogP contribution in [0.2, 0.25) is 0 Å². The van der Waals surface area contributed by atoms with Crippen molar-refractivity contribution in [2.75, 3.05) is 10.6 Å². The third-order valence-corrected chi connectivity index (χ3v) is 5.28. The highest BCUT2D eigenvalue weighted by Gasteiger charge is 2.34. The average Bonchev–Trinajstić information content (AvgIpc) is 2.96. The van der Waals surface area contributed by atoms with Crippen LogP contribution in [0.15, 0.2) is 54.6 Å². The molecular formula is C21H26ClN3O. The summed E-state index contributed by atoms with van der Waals surface area (Å²) in [5, 5.41) is 10.0. The number of amides is 1. The first-order chi connectivity index (χ1) is 12.2. The molecule has 2 aliphatic heterocycles. The molecule has 2 heterocycles. The van der Waals surface area contributed by atoms with E-state index < -0.39 is 0 Å². The second-order valence-electron chi connectivity index (χ2n) is 7.30. The van der Waals surface area contributed by atoms with Crippen LogP contribution in [0, 0.1) is 5.92 Å². The molecule has 0 aliphatic carbocycles. The van der Waals surface area contributed by atoms with Gasteiger partial charge in [-0.3, -0.25) is 4.79 Å². The highest BCUT2D eigenvalue weighted by atomic mass is 35.5. The molecule has 3 N–H and O–H groups in total. The Hall–Kier alpha value is -2.04. The quantitative estimate of drug-likeness (QED) is 0.713. The highest BCUT2D eigenvalue weighted by molar-refractivity contribution is 5.91. The van der Waals surface area contributed by atoms with E-state index in [4.69, 9.17) is 0 Å². The van der Waals surface area contributed by atoms with Gasteiger partial charge >= 0.3 is 0 Å². The van der Waals surface area contributed by atoms with Crippen molar-refractivity contribution in [3.05, 3.63) is 54.6 Å². The van der Waals surface area contributed by atoms with Gasteiger partial charge in [0.25, 0.3) is 0 Å². The predicted octanol–water partition coefficient (Wildman–Crippen LogP) is 4.71. The maximum absolute atomic E-state index is 12.3. The van der Waals surface area contributed by atoms with Crippen molar-refractivity contribution in [1.29, 1.82) is 0 Å². The van der Waals surface area contributed by atoms with E-state index in [1.807, 2.05) is 54.6 Å². The number of hydrogen-bond acceptors (Lipinski definition) is 3. The topological polar surface area (TPSA) is 53.2 Å². The van der Waals surface area contributed by atoms with Gasteiger partial charge in [0.15, 0.2) is 0 Å². The molecule has 0 spiro atoms. The van der Waals surface area contributed by atoms with E-state index in [-0.39, 0.29) is 18.3 Å². The standard InChI is InChI=1S/C21H25N3O.ClH/c25-21(14-15-12-19-10-11-20(13-15)23-19)24-18-8-6-17(7-9-18)22-16-4-2-1-3-5-16;/h1-9,15,19-20,22-23H,10-14H2,(H,24,25);1H. The Morgan fingerprint density at radius 2 is 1.46 bits per heavy atom. The summed E-state index contributed by atoms with van der Waals surface area (Å²) in [5.41, 5.74) is 2.93. The Bertz CT molecular complexity index is 708. The number of piperidine rings is 1. The molecule has 2 saturated heterocycles. The number of nitrogens with one attached hydrogen (secondary N) is 3. The molecule has 2 aromatic carbocycles. The van der Waals surface area contributed by atoms with E-state index in [9.17, 15) is 4.79 Å². The number of anilines is 3. The molecule has 2 bridgehead atoms. The fraction of sp³-hybridized carbons (Fsp3) is 0.381. The number of carbonyl (C=O) groups is 1. The van der Waals surface area contributed by atoms with Crippen LogP contribution in [0.5, 0.6) is 0 Å². The summed E-state index contributed by atoms with van der Waals surface area (Å²) in [6.07, 6.45) is 5.48. The van der Waals surface area contributed by atoms with E-state index in [0.29, 0.717) is 24.4 Å². The van der Waals surface area contributed by atoms with Crippen molar-refractivity contribution in [1.82, 2.24) is 5.32 Å². The van der Waals surface area contributed by atoms with Crippen LogP contribution in [-0.2, 0) is 4.79 Å². The summed E-state index contributed by atoms with van der Waals surface area (Å²) in [4.78, 5) is 12.3. The zero-order chi connectivity index (χ0) is 17.1. The van der Waals surface area contributed by atoms with Crippen molar-refractivity contribution >= 4 is 35.4 Å². The first-order valence-electron chi connectivity index (χ1n) is 9.22. The summed E-state index contributed by atoms with van der Waals surface area (Å²) >= 11 is 0. The zero-order valence-electron chi connectivity index (χ0n) is 14.8.